The van der Waals surface area contributed by atoms with E-state index >= 15 is 0 Å². The van der Waals surface area contributed by atoms with Gasteiger partial charge in [0.25, 0.3) is 0 Å². The minimum atomic E-state index is -3.34. The Morgan fingerprint density at radius 1 is 1.27 bits per heavy atom. The molecule has 0 aromatic heterocycles. The molecule has 4 heteroatoms. The third-order valence-corrected chi connectivity index (χ3v) is 4.08. The minimum Gasteiger partial charge on any atom is -0.392 e. The number of aliphatic hydroxyl groups excluding tert-OH is 1. The lowest BCUT2D eigenvalue weighted by molar-refractivity contribution is 0.193. The summed E-state index contributed by atoms with van der Waals surface area (Å²) in [5.74, 6) is -0.202. The largest absolute Gasteiger partial charge is 0.392 e. The Morgan fingerprint density at radius 2 is 1.80 bits per heavy atom. The van der Waals surface area contributed by atoms with Gasteiger partial charge in [0.2, 0.25) is 0 Å². The summed E-state index contributed by atoms with van der Waals surface area (Å²) < 4.78 is 23.5. The predicted molar refractivity (Wildman–Crippen MR) is 59.5 cm³/mol. The fraction of sp³-hybridized carbons (Fsp3) is 0.455. The Morgan fingerprint density at radius 3 is 2.27 bits per heavy atom. The van der Waals surface area contributed by atoms with Gasteiger partial charge < -0.3 is 5.11 Å². The van der Waals surface area contributed by atoms with Crippen LogP contribution in [0, 0.1) is 6.92 Å². The topological polar surface area (TPSA) is 54.4 Å². The van der Waals surface area contributed by atoms with Gasteiger partial charge in [-0.3, -0.25) is 0 Å². The number of rotatable bonds is 4. The van der Waals surface area contributed by atoms with E-state index in [1.165, 1.54) is 0 Å². The molecule has 0 bridgehead atoms. The first-order valence-electron chi connectivity index (χ1n) is 4.93. The van der Waals surface area contributed by atoms with Crippen LogP contribution in [0.15, 0.2) is 29.2 Å². The smallest absolute Gasteiger partial charge is 0.180 e. The average Bonchev–Trinajstić information content (AvgIpc) is 2.17. The molecular weight excluding hydrogens is 212 g/mol. The van der Waals surface area contributed by atoms with E-state index in [9.17, 15) is 13.5 Å². The standard InChI is InChI=1S/C11H16O3S/c1-3-10(12)8-15(13,14)11-6-4-9(2)5-7-11/h4-7,10,12H,3,8H2,1-2H3/t10-/m0/s1. The van der Waals surface area contributed by atoms with Gasteiger partial charge in [0, 0.05) is 0 Å². The number of hydrogen-bond acceptors (Lipinski definition) is 3. The number of hydrogen-bond donors (Lipinski definition) is 1. The van der Waals surface area contributed by atoms with Crippen LogP contribution < -0.4 is 0 Å². The van der Waals surface area contributed by atoms with Crippen molar-refractivity contribution in [2.75, 3.05) is 5.75 Å². The van der Waals surface area contributed by atoms with Crippen LogP contribution in [0.1, 0.15) is 18.9 Å². The maximum absolute atomic E-state index is 11.8. The van der Waals surface area contributed by atoms with Gasteiger partial charge >= 0.3 is 0 Å². The fourth-order valence-corrected chi connectivity index (χ4v) is 2.70. The van der Waals surface area contributed by atoms with Gasteiger partial charge in [-0.15, -0.1) is 0 Å². The lowest BCUT2D eigenvalue weighted by Gasteiger charge is -2.08. The normalized spacial score (nSPS) is 13.8. The second-order valence-corrected chi connectivity index (χ2v) is 5.69. The van der Waals surface area contributed by atoms with Crippen LogP contribution >= 0.6 is 0 Å². The first kappa shape index (κ1) is 12.2. The molecule has 0 radical (unpaired) electrons. The zero-order chi connectivity index (χ0) is 11.5. The van der Waals surface area contributed by atoms with Crippen LogP contribution in [0.5, 0.6) is 0 Å². The van der Waals surface area contributed by atoms with Crippen LogP contribution in [0.4, 0.5) is 0 Å². The molecule has 0 fully saturated rings. The van der Waals surface area contributed by atoms with Gasteiger partial charge in [-0.05, 0) is 25.5 Å². The first-order chi connectivity index (χ1) is 6.95. The fourth-order valence-electron chi connectivity index (χ4n) is 1.21. The molecule has 1 rings (SSSR count). The zero-order valence-electron chi connectivity index (χ0n) is 8.97. The van der Waals surface area contributed by atoms with Crippen molar-refractivity contribution in [1.82, 2.24) is 0 Å². The van der Waals surface area contributed by atoms with Crippen molar-refractivity contribution in [3.8, 4) is 0 Å². The van der Waals surface area contributed by atoms with Gasteiger partial charge in [-0.1, -0.05) is 24.6 Å². The molecule has 1 N–H and O–H groups in total. The summed E-state index contributed by atoms with van der Waals surface area (Å²) in [6, 6.07) is 6.66. The van der Waals surface area contributed by atoms with E-state index in [0.717, 1.165) is 5.56 Å². The van der Waals surface area contributed by atoms with Crippen LogP contribution in [-0.2, 0) is 9.84 Å². The summed E-state index contributed by atoms with van der Waals surface area (Å²) in [6.45, 7) is 3.66. The second-order valence-electron chi connectivity index (χ2n) is 3.66. The maximum Gasteiger partial charge on any atom is 0.180 e. The van der Waals surface area contributed by atoms with E-state index in [1.54, 1.807) is 31.2 Å². The van der Waals surface area contributed by atoms with Crippen LogP contribution in [-0.4, -0.2) is 25.4 Å². The highest BCUT2D eigenvalue weighted by molar-refractivity contribution is 7.91. The molecule has 0 heterocycles. The van der Waals surface area contributed by atoms with Crippen LogP contribution in [0.3, 0.4) is 0 Å². The lowest BCUT2D eigenvalue weighted by atomic mass is 10.2. The van der Waals surface area contributed by atoms with Gasteiger partial charge in [0.15, 0.2) is 9.84 Å². The maximum atomic E-state index is 11.8. The molecule has 1 atom stereocenters. The van der Waals surface area contributed by atoms with Crippen molar-refractivity contribution in [3.63, 3.8) is 0 Å². The molecule has 1 aromatic carbocycles. The summed E-state index contributed by atoms with van der Waals surface area (Å²) in [4.78, 5) is 0.278. The van der Waals surface area contributed by atoms with Crippen LogP contribution in [0.2, 0.25) is 0 Å². The van der Waals surface area contributed by atoms with Crippen molar-refractivity contribution in [2.45, 2.75) is 31.3 Å². The van der Waals surface area contributed by atoms with E-state index in [1.807, 2.05) is 6.92 Å². The number of benzene rings is 1. The van der Waals surface area contributed by atoms with E-state index in [2.05, 4.69) is 0 Å². The zero-order valence-corrected chi connectivity index (χ0v) is 9.79. The highest BCUT2D eigenvalue weighted by atomic mass is 32.2. The van der Waals surface area contributed by atoms with E-state index in [-0.39, 0.29) is 10.6 Å². The summed E-state index contributed by atoms with van der Waals surface area (Å²) in [5.41, 5.74) is 1.02. The predicted octanol–water partition coefficient (Wildman–Crippen LogP) is 1.54. The summed E-state index contributed by atoms with van der Waals surface area (Å²) in [5, 5.41) is 9.33. The Bertz CT molecular complexity index is 406. The third-order valence-electron chi connectivity index (χ3n) is 2.26. The van der Waals surface area contributed by atoms with Crippen molar-refractivity contribution < 1.29 is 13.5 Å². The highest BCUT2D eigenvalue weighted by Crippen LogP contribution is 2.13. The van der Waals surface area contributed by atoms with Crippen molar-refractivity contribution in [2.24, 2.45) is 0 Å². The molecule has 0 amide bonds. The quantitative estimate of drug-likeness (QED) is 0.850. The molecule has 1 aromatic rings. The molecule has 84 valence electrons. The van der Waals surface area contributed by atoms with Crippen molar-refractivity contribution in [1.29, 1.82) is 0 Å². The number of sulfone groups is 1. The molecule has 0 saturated heterocycles. The molecule has 15 heavy (non-hydrogen) atoms. The molecular formula is C11H16O3S. The third kappa shape index (κ3) is 3.32. The highest BCUT2D eigenvalue weighted by Gasteiger charge is 2.18. The van der Waals surface area contributed by atoms with E-state index in [4.69, 9.17) is 0 Å². The summed E-state index contributed by atoms with van der Waals surface area (Å²) >= 11 is 0. The Kier molecular flexibility index (Phi) is 3.88. The first-order valence-corrected chi connectivity index (χ1v) is 6.58. The molecule has 0 aliphatic rings. The van der Waals surface area contributed by atoms with E-state index < -0.39 is 15.9 Å². The van der Waals surface area contributed by atoms with E-state index in [0.29, 0.717) is 6.42 Å². The Balaban J connectivity index is 2.91. The Hall–Kier alpha value is -0.870. The minimum absolute atomic E-state index is 0.202. The second kappa shape index (κ2) is 4.77. The molecule has 0 aliphatic heterocycles. The van der Waals surface area contributed by atoms with Crippen molar-refractivity contribution in [3.05, 3.63) is 29.8 Å². The average molecular weight is 228 g/mol. The molecule has 0 aliphatic carbocycles. The number of aryl methyl sites for hydroxylation is 1. The van der Waals surface area contributed by atoms with Gasteiger partial charge in [-0.2, -0.15) is 0 Å². The molecule has 0 saturated carbocycles. The molecule has 3 nitrogen and oxygen atoms in total. The van der Waals surface area contributed by atoms with Crippen molar-refractivity contribution >= 4 is 9.84 Å². The van der Waals surface area contributed by atoms with Gasteiger partial charge in [0.1, 0.15) is 0 Å². The van der Waals surface area contributed by atoms with Gasteiger partial charge in [-0.25, -0.2) is 8.42 Å². The van der Waals surface area contributed by atoms with Crippen LogP contribution in [0.25, 0.3) is 0 Å². The van der Waals surface area contributed by atoms with Gasteiger partial charge in [0.05, 0.1) is 16.8 Å². The lowest BCUT2D eigenvalue weighted by Crippen LogP contribution is -2.20. The molecule has 0 spiro atoms. The SMILES string of the molecule is CC[C@H](O)CS(=O)(=O)c1ccc(C)cc1. The Labute approximate surface area is 90.7 Å². The summed E-state index contributed by atoms with van der Waals surface area (Å²) in [7, 11) is -3.34. The molecule has 0 unspecified atom stereocenters. The number of aliphatic hydroxyl groups is 1. The monoisotopic (exact) mass is 228 g/mol. The summed E-state index contributed by atoms with van der Waals surface area (Å²) in [6.07, 6.45) is -0.332.